The van der Waals surface area contributed by atoms with Crippen LogP contribution in [-0.4, -0.2) is 23.7 Å². The van der Waals surface area contributed by atoms with E-state index in [9.17, 15) is 4.79 Å². The van der Waals surface area contributed by atoms with Crippen molar-refractivity contribution in [3.05, 3.63) is 0 Å². The van der Waals surface area contributed by atoms with Crippen LogP contribution in [0.3, 0.4) is 0 Å². The van der Waals surface area contributed by atoms with Gasteiger partial charge in [-0.05, 0) is 43.4 Å². The summed E-state index contributed by atoms with van der Waals surface area (Å²) in [6, 6.07) is 0.357. The number of amides is 1. The number of rotatable bonds is 6. The first-order chi connectivity index (χ1) is 8.54. The van der Waals surface area contributed by atoms with Crippen LogP contribution in [0.25, 0.3) is 0 Å². The molecule has 106 valence electrons. The zero-order valence-corrected chi connectivity index (χ0v) is 12.1. The maximum atomic E-state index is 11.9. The van der Waals surface area contributed by atoms with Gasteiger partial charge in [0.05, 0.1) is 0 Å². The second-order valence-corrected chi connectivity index (χ2v) is 6.18. The van der Waals surface area contributed by atoms with Crippen molar-refractivity contribution in [3.63, 3.8) is 0 Å². The topological polar surface area (TPSA) is 49.3 Å². The highest BCUT2D eigenvalue weighted by Gasteiger charge is 2.31. The van der Waals surface area contributed by atoms with Crippen molar-refractivity contribution in [3.8, 4) is 0 Å². The van der Waals surface area contributed by atoms with Crippen LogP contribution < -0.4 is 5.32 Å². The second kappa shape index (κ2) is 7.78. The van der Waals surface area contributed by atoms with E-state index >= 15 is 0 Å². The summed E-state index contributed by atoms with van der Waals surface area (Å²) >= 11 is 0. The van der Waals surface area contributed by atoms with Gasteiger partial charge in [0.1, 0.15) is 0 Å². The summed E-state index contributed by atoms with van der Waals surface area (Å²) in [4.78, 5) is 11.9. The maximum absolute atomic E-state index is 11.9. The third-order valence-electron chi connectivity index (χ3n) is 4.18. The molecule has 0 radical (unpaired) electrons. The van der Waals surface area contributed by atoms with E-state index in [2.05, 4.69) is 26.1 Å². The lowest BCUT2D eigenvalue weighted by molar-refractivity contribution is -0.122. The molecule has 1 amide bonds. The van der Waals surface area contributed by atoms with Gasteiger partial charge in [0.25, 0.3) is 0 Å². The summed E-state index contributed by atoms with van der Waals surface area (Å²) in [5, 5.41) is 11.9. The molecular formula is C15H29NO2. The molecule has 0 aromatic carbocycles. The average Bonchev–Trinajstić information content (AvgIpc) is 2.29. The van der Waals surface area contributed by atoms with Gasteiger partial charge in [-0.1, -0.05) is 27.2 Å². The summed E-state index contributed by atoms with van der Waals surface area (Å²) in [6.45, 7) is 6.97. The second-order valence-electron chi connectivity index (χ2n) is 6.18. The van der Waals surface area contributed by atoms with Crippen LogP contribution in [0.5, 0.6) is 0 Å². The van der Waals surface area contributed by atoms with Crippen LogP contribution in [-0.2, 0) is 4.79 Å². The Balaban J connectivity index is 2.42. The number of carbonyl (C=O) groups excluding carboxylic acids is 1. The van der Waals surface area contributed by atoms with E-state index in [1.54, 1.807) is 0 Å². The van der Waals surface area contributed by atoms with Crippen molar-refractivity contribution in [2.24, 2.45) is 17.8 Å². The van der Waals surface area contributed by atoms with E-state index in [1.165, 1.54) is 12.8 Å². The molecule has 3 unspecified atom stereocenters. The van der Waals surface area contributed by atoms with Crippen molar-refractivity contribution in [2.45, 2.75) is 65.3 Å². The smallest absolute Gasteiger partial charge is 0.220 e. The predicted octanol–water partition coefficient (Wildman–Crippen LogP) is 2.73. The molecule has 3 atom stereocenters. The van der Waals surface area contributed by atoms with Crippen molar-refractivity contribution >= 4 is 5.91 Å². The SMILES string of the molecule is CC1CCC(C(C)C)C(NC(=O)CCCCO)C1. The average molecular weight is 255 g/mol. The van der Waals surface area contributed by atoms with Crippen molar-refractivity contribution in [1.29, 1.82) is 0 Å². The molecule has 1 aliphatic carbocycles. The molecule has 0 spiro atoms. The zero-order chi connectivity index (χ0) is 13.5. The molecule has 0 bridgehead atoms. The van der Waals surface area contributed by atoms with Gasteiger partial charge >= 0.3 is 0 Å². The lowest BCUT2D eigenvalue weighted by Crippen LogP contribution is -2.45. The Morgan fingerprint density at radius 3 is 2.67 bits per heavy atom. The van der Waals surface area contributed by atoms with E-state index < -0.39 is 0 Å². The van der Waals surface area contributed by atoms with Crippen LogP contribution in [0, 0.1) is 17.8 Å². The highest BCUT2D eigenvalue weighted by Crippen LogP contribution is 2.33. The third kappa shape index (κ3) is 4.97. The predicted molar refractivity (Wildman–Crippen MR) is 74.2 cm³/mol. The van der Waals surface area contributed by atoms with Crippen LogP contribution in [0.15, 0.2) is 0 Å². The molecule has 1 rings (SSSR count). The van der Waals surface area contributed by atoms with E-state index in [1.807, 2.05) is 0 Å². The summed E-state index contributed by atoms with van der Waals surface area (Å²) in [5.74, 6) is 2.15. The normalized spacial score (nSPS) is 28.4. The minimum Gasteiger partial charge on any atom is -0.396 e. The molecule has 0 heterocycles. The summed E-state index contributed by atoms with van der Waals surface area (Å²) < 4.78 is 0. The highest BCUT2D eigenvalue weighted by molar-refractivity contribution is 5.76. The molecule has 1 aliphatic rings. The number of carbonyl (C=O) groups is 1. The number of hydrogen-bond acceptors (Lipinski definition) is 2. The number of aliphatic hydroxyl groups excluding tert-OH is 1. The minimum absolute atomic E-state index is 0.160. The zero-order valence-electron chi connectivity index (χ0n) is 12.1. The maximum Gasteiger partial charge on any atom is 0.220 e. The standard InChI is InChI=1S/C15H29NO2/c1-11(2)13-8-7-12(3)10-14(13)16-15(18)6-4-5-9-17/h11-14,17H,4-10H2,1-3H3,(H,16,18). The molecule has 1 saturated carbocycles. The summed E-state index contributed by atoms with van der Waals surface area (Å²) in [5.41, 5.74) is 0. The quantitative estimate of drug-likeness (QED) is 0.717. The monoisotopic (exact) mass is 255 g/mol. The van der Waals surface area contributed by atoms with Gasteiger partial charge in [-0.25, -0.2) is 0 Å². The Hall–Kier alpha value is -0.570. The Morgan fingerprint density at radius 1 is 1.33 bits per heavy atom. The third-order valence-corrected chi connectivity index (χ3v) is 4.18. The van der Waals surface area contributed by atoms with Gasteiger partial charge in [0.15, 0.2) is 0 Å². The minimum atomic E-state index is 0.160. The summed E-state index contributed by atoms with van der Waals surface area (Å²) in [6.07, 6.45) is 5.71. The molecule has 0 aromatic rings. The molecule has 2 N–H and O–H groups in total. The van der Waals surface area contributed by atoms with Crippen molar-refractivity contribution in [2.75, 3.05) is 6.61 Å². The van der Waals surface area contributed by atoms with Gasteiger partial charge in [0.2, 0.25) is 5.91 Å². The number of unbranched alkanes of at least 4 members (excludes halogenated alkanes) is 1. The Morgan fingerprint density at radius 2 is 2.06 bits per heavy atom. The Bertz CT molecular complexity index is 253. The molecule has 0 saturated heterocycles. The van der Waals surface area contributed by atoms with Crippen LogP contribution in [0.1, 0.15) is 59.3 Å². The molecular weight excluding hydrogens is 226 g/mol. The molecule has 1 fully saturated rings. The number of nitrogens with one attached hydrogen (secondary N) is 1. The van der Waals surface area contributed by atoms with Gasteiger partial charge < -0.3 is 10.4 Å². The fourth-order valence-corrected chi connectivity index (χ4v) is 3.04. The van der Waals surface area contributed by atoms with E-state index in [4.69, 9.17) is 5.11 Å². The number of hydrogen-bond donors (Lipinski definition) is 2. The first-order valence-corrected chi connectivity index (χ1v) is 7.44. The highest BCUT2D eigenvalue weighted by atomic mass is 16.2. The van der Waals surface area contributed by atoms with E-state index in [-0.39, 0.29) is 12.5 Å². The molecule has 3 heteroatoms. The lowest BCUT2D eigenvalue weighted by Gasteiger charge is -2.37. The Kier molecular flexibility index (Phi) is 6.69. The van der Waals surface area contributed by atoms with Gasteiger partial charge in [0, 0.05) is 19.1 Å². The fourth-order valence-electron chi connectivity index (χ4n) is 3.04. The van der Waals surface area contributed by atoms with E-state index in [0.717, 1.165) is 25.2 Å². The molecule has 3 nitrogen and oxygen atoms in total. The van der Waals surface area contributed by atoms with Crippen LogP contribution >= 0.6 is 0 Å². The fraction of sp³-hybridized carbons (Fsp3) is 0.933. The number of aliphatic hydroxyl groups is 1. The van der Waals surface area contributed by atoms with Crippen LogP contribution in [0.4, 0.5) is 0 Å². The first-order valence-electron chi connectivity index (χ1n) is 7.44. The van der Waals surface area contributed by atoms with Gasteiger partial charge in [-0.2, -0.15) is 0 Å². The van der Waals surface area contributed by atoms with Crippen molar-refractivity contribution in [1.82, 2.24) is 5.32 Å². The van der Waals surface area contributed by atoms with Crippen LogP contribution in [0.2, 0.25) is 0 Å². The van der Waals surface area contributed by atoms with Crippen molar-refractivity contribution < 1.29 is 9.90 Å². The molecule has 0 aliphatic heterocycles. The Labute approximate surface area is 111 Å². The largest absolute Gasteiger partial charge is 0.396 e. The molecule has 18 heavy (non-hydrogen) atoms. The lowest BCUT2D eigenvalue weighted by atomic mass is 9.74. The van der Waals surface area contributed by atoms with Gasteiger partial charge in [-0.3, -0.25) is 4.79 Å². The molecule has 0 aromatic heterocycles. The summed E-state index contributed by atoms with van der Waals surface area (Å²) in [7, 11) is 0. The van der Waals surface area contributed by atoms with E-state index in [0.29, 0.717) is 24.3 Å². The first kappa shape index (κ1) is 15.5. The van der Waals surface area contributed by atoms with Gasteiger partial charge in [-0.15, -0.1) is 0 Å².